The van der Waals surface area contributed by atoms with E-state index in [1.54, 1.807) is 50.5 Å². The second-order valence-electron chi connectivity index (χ2n) is 34.1. The van der Waals surface area contributed by atoms with Crippen LogP contribution < -0.4 is 20.2 Å². The number of benzene rings is 10. The zero-order valence-corrected chi connectivity index (χ0v) is 85.2. The maximum absolute atomic E-state index is 6.08. The van der Waals surface area contributed by atoms with Crippen molar-refractivity contribution in [2.75, 3.05) is 14.2 Å². The van der Waals surface area contributed by atoms with E-state index in [2.05, 4.69) is 235 Å². The van der Waals surface area contributed by atoms with E-state index in [0.717, 1.165) is 118 Å². The van der Waals surface area contributed by atoms with Gasteiger partial charge in [-0.3, -0.25) is 0 Å². The zero-order valence-electron chi connectivity index (χ0n) is 77.9. The zero-order chi connectivity index (χ0) is 91.7. The molecule has 3 fully saturated rings. The van der Waals surface area contributed by atoms with Crippen molar-refractivity contribution < 1.29 is 59.0 Å². The van der Waals surface area contributed by atoms with E-state index in [1.165, 1.54) is 98.4 Å². The van der Waals surface area contributed by atoms with Crippen LogP contribution in [0.5, 0.6) is 11.5 Å². The van der Waals surface area contributed by atoms with E-state index in [9.17, 15) is 0 Å². The third-order valence-electron chi connectivity index (χ3n) is 22.9. The fourth-order valence-corrected chi connectivity index (χ4v) is 19.9. The Bertz CT molecular complexity index is 5400. The minimum atomic E-state index is -0.355. The van der Waals surface area contributed by atoms with E-state index in [1.807, 2.05) is 243 Å². The summed E-state index contributed by atoms with van der Waals surface area (Å²) in [6, 6.07) is 130. The molecule has 0 bridgehead atoms. The van der Waals surface area contributed by atoms with Crippen LogP contribution in [0.15, 0.2) is 375 Å². The molecule has 678 valence electrons. The van der Waals surface area contributed by atoms with E-state index < -0.39 is 0 Å². The summed E-state index contributed by atoms with van der Waals surface area (Å²) in [5.41, 5.74) is 21.7. The van der Waals surface area contributed by atoms with Crippen molar-refractivity contribution in [1.82, 2.24) is 29.9 Å². The molecule has 0 atom stereocenters. The minimum absolute atomic E-state index is 0. The van der Waals surface area contributed by atoms with Gasteiger partial charge in [-0.15, -0.1) is 214 Å². The predicted octanol–water partition coefficient (Wildman–Crippen LogP) is 29.2. The van der Waals surface area contributed by atoms with Gasteiger partial charge in [-0.05, 0) is 212 Å². The van der Waals surface area contributed by atoms with Crippen LogP contribution in [-0.2, 0) is 62.4 Å². The van der Waals surface area contributed by atoms with E-state index in [0.29, 0.717) is 5.92 Å². The van der Waals surface area contributed by atoms with Gasteiger partial charge in [0.1, 0.15) is 11.5 Å². The molecule has 0 radical (unpaired) electrons. The van der Waals surface area contributed by atoms with Crippen LogP contribution in [-0.4, -0.2) is 73.8 Å². The third-order valence-corrected chi connectivity index (χ3v) is 27.0. The van der Waals surface area contributed by atoms with Gasteiger partial charge in [-0.25, -0.2) is 0 Å². The molecule has 0 unspecified atom stereocenters. The molecule has 10 aromatic carbocycles. The Hall–Kier alpha value is -11.1. The standard InChI is InChI=1S/C26H35O2P.C21H20N.C17H19BNO2.4C11H8N.C10H13Br.2Ir/c1-27-23-17-11-18-24(28-2)26(23)22-16-9-10-19-25(22)29(20-12-5-3-6-13-20)21-14-7-4-8-15-21;1-16(2)14-17-9-11-18(12-10-17)19-6-5-7-20(15-19)21-8-3-4-13-22-21;1-16(2)17(3,4)21-18(20-16)14-9-7-8-13(12-14)15-10-5-6-11-19-15;4*1-2-6-10(7-3-1)11-8-4-5-9-12-11;1-8(2)7-9-3-5-10(11)6-4-9;;/h9-11,16-21H,3-8,12-15H2,1-2H3;3-6,8-13,15-16H,14H2,1-2H3;5-7,9-12H,1-4H3;4*1-6,8-9H;3-6,8H,7H2,1-2H3;;/q;6*-1;;2*+3. The quantitative estimate of drug-likeness (QED) is 0.0467. The van der Waals surface area contributed by atoms with Gasteiger partial charge < -0.3 is 48.7 Å². The molecule has 1 aliphatic heterocycles. The fraction of sp³-hybridized carbons (Fsp3) is 0.237. The largest absolute Gasteiger partial charge is 3.00 e. The summed E-state index contributed by atoms with van der Waals surface area (Å²) >= 11 is 3.41. The van der Waals surface area contributed by atoms with Crippen LogP contribution in [0.1, 0.15) is 131 Å². The first kappa shape index (κ1) is 104. The molecule has 0 amide bonds. The van der Waals surface area contributed by atoms with Gasteiger partial charge in [0.05, 0.1) is 31.0 Å². The van der Waals surface area contributed by atoms with Crippen molar-refractivity contribution in [3.05, 3.63) is 423 Å². The molecule has 133 heavy (non-hydrogen) atoms. The Morgan fingerprint density at radius 3 is 1.03 bits per heavy atom. The van der Waals surface area contributed by atoms with Crippen molar-refractivity contribution in [2.24, 2.45) is 11.8 Å². The summed E-state index contributed by atoms with van der Waals surface area (Å²) in [5.74, 6) is 3.27. The number of methoxy groups -OCH3 is 2. The number of rotatable bonds is 18. The molecule has 16 aromatic rings. The van der Waals surface area contributed by atoms with Crippen molar-refractivity contribution in [1.29, 1.82) is 0 Å². The summed E-state index contributed by atoms with van der Waals surface area (Å²) in [6.07, 6.45) is 27.2. The number of aromatic nitrogens is 6. The number of hydrogen-bond donors (Lipinski definition) is 0. The monoisotopic (exact) mass is 2190 g/mol. The molecule has 15 heteroatoms. The molecule has 1 saturated heterocycles. The van der Waals surface area contributed by atoms with Crippen LogP contribution >= 0.6 is 23.9 Å². The predicted molar refractivity (Wildman–Crippen MR) is 549 cm³/mol. The van der Waals surface area contributed by atoms with Crippen molar-refractivity contribution in [3.8, 4) is 101 Å². The first-order chi connectivity index (χ1) is 64.0. The van der Waals surface area contributed by atoms with Gasteiger partial charge in [0.15, 0.2) is 0 Å². The Labute approximate surface area is 829 Å². The molecule has 10 nitrogen and oxygen atoms in total. The maximum Gasteiger partial charge on any atom is 3.00 e. The molecule has 2 saturated carbocycles. The second kappa shape index (κ2) is 55.5. The van der Waals surface area contributed by atoms with Crippen LogP contribution in [0.4, 0.5) is 0 Å². The summed E-state index contributed by atoms with van der Waals surface area (Å²) < 4.78 is 24.9. The molecule has 0 N–H and O–H groups in total. The number of hydrogen-bond acceptors (Lipinski definition) is 10. The fourth-order valence-electron chi connectivity index (χ4n) is 15.7. The molecule has 7 heterocycles. The van der Waals surface area contributed by atoms with Crippen molar-refractivity contribution in [2.45, 2.75) is 155 Å². The Morgan fingerprint density at radius 1 is 0.353 bits per heavy atom. The molecule has 3 aliphatic rings. The maximum atomic E-state index is 6.08. The van der Waals surface area contributed by atoms with E-state index >= 15 is 0 Å². The van der Waals surface area contributed by atoms with Gasteiger partial charge >= 0.3 is 47.3 Å². The smallest absolute Gasteiger partial charge is 0.496 e. The summed E-state index contributed by atoms with van der Waals surface area (Å²) in [6.45, 7) is 17.2. The molecular formula is C118H119BBrIr2N6O4P. The number of halogens is 1. The summed E-state index contributed by atoms with van der Waals surface area (Å²) in [4.78, 5) is 25.6. The summed E-state index contributed by atoms with van der Waals surface area (Å²) in [7, 11) is 3.00. The van der Waals surface area contributed by atoms with Gasteiger partial charge in [0, 0.05) is 41.7 Å². The van der Waals surface area contributed by atoms with Crippen molar-refractivity contribution in [3.63, 3.8) is 0 Å². The Balaban J connectivity index is 0.000000161. The Kier molecular flexibility index (Phi) is 43.4. The molecule has 6 aromatic heterocycles. The third kappa shape index (κ3) is 32.6. The molecule has 19 rings (SSSR count). The SMILES string of the molecule is CC(C)Cc1ccc(-c2cc[c-]c(-c3ccccn3)c2)cc1.CC(C)Cc1ccc(Br)cc1.CC1(C)OB(c2cc[c-]c(-c3ccccn3)c2)OC1(C)C.COc1cccc(OC)c1-c1ccccc1P(C1CCCCC1)C1CCCCC1.[Ir+3].[Ir+3].[c-]1ccccc1-c1ccccn1.[c-]1ccccc1-c1ccccn1.[c-]1ccccc1-c1ccccn1.[c-]1ccccc1-c1ccccn1. The number of pyridine rings is 6. The Morgan fingerprint density at radius 2 is 0.684 bits per heavy atom. The number of ether oxygens (including phenoxy) is 2. The molecule has 0 spiro atoms. The normalized spacial score (nSPS) is 13.4. The first-order valence-electron chi connectivity index (χ1n) is 45.7. The van der Waals surface area contributed by atoms with Crippen LogP contribution in [0.2, 0.25) is 0 Å². The average Bonchev–Trinajstić information content (AvgIpc) is 1.75. The van der Waals surface area contributed by atoms with Gasteiger partial charge in [-0.1, -0.05) is 230 Å². The number of nitrogens with zero attached hydrogens (tertiary/aromatic N) is 6. The van der Waals surface area contributed by atoms with Gasteiger partial charge in [0.25, 0.3) is 0 Å². The second-order valence-corrected chi connectivity index (χ2v) is 37.7. The van der Waals surface area contributed by atoms with Crippen LogP contribution in [0.3, 0.4) is 0 Å². The molecule has 2 aliphatic carbocycles. The van der Waals surface area contributed by atoms with Crippen molar-refractivity contribution >= 4 is 41.7 Å². The van der Waals surface area contributed by atoms with Gasteiger partial charge in [-0.2, -0.15) is 0 Å². The topological polar surface area (TPSA) is 114 Å². The molecular weight excluding hydrogens is 2070 g/mol. The first-order valence-corrected chi connectivity index (χ1v) is 47.9. The van der Waals surface area contributed by atoms with Crippen LogP contribution in [0, 0.1) is 48.2 Å². The average molecular weight is 2190 g/mol. The minimum Gasteiger partial charge on any atom is -0.496 e. The van der Waals surface area contributed by atoms with Crippen LogP contribution in [0.25, 0.3) is 89.8 Å². The van der Waals surface area contributed by atoms with E-state index in [-0.39, 0.29) is 66.5 Å². The summed E-state index contributed by atoms with van der Waals surface area (Å²) in [5, 5.41) is 1.59. The van der Waals surface area contributed by atoms with Gasteiger partial charge in [0.2, 0.25) is 0 Å². The van der Waals surface area contributed by atoms with E-state index in [4.69, 9.17) is 18.8 Å².